The van der Waals surface area contributed by atoms with Gasteiger partial charge in [0, 0.05) is 6.07 Å². The average molecular weight is 270 g/mol. The smallest absolute Gasteiger partial charge is 0.359 e. The summed E-state index contributed by atoms with van der Waals surface area (Å²) < 4.78 is 0. The van der Waals surface area contributed by atoms with Crippen LogP contribution >= 0.6 is 0 Å². The van der Waals surface area contributed by atoms with Crippen LogP contribution in [0.25, 0.3) is 0 Å². The second kappa shape index (κ2) is 5.09. The van der Waals surface area contributed by atoms with Gasteiger partial charge >= 0.3 is 6.03 Å². The largest absolute Gasteiger partial charge is 0.750 e. The fraction of sp³-hybridized carbons (Fsp3) is 0.300. The third kappa shape index (κ3) is 2.51. The molecule has 19 heavy (non-hydrogen) atoms. The molecule has 0 aliphatic carbocycles. The van der Waals surface area contributed by atoms with Gasteiger partial charge < -0.3 is 25.7 Å². The van der Waals surface area contributed by atoms with Crippen LogP contribution in [0, 0.1) is 10.4 Å². The van der Waals surface area contributed by atoms with Crippen LogP contribution in [0.15, 0.2) is 24.3 Å². The highest BCUT2D eigenvalue weighted by molar-refractivity contribution is 5.99. The highest BCUT2D eigenvalue weighted by Gasteiger charge is 2.36. The van der Waals surface area contributed by atoms with Crippen LogP contribution in [0.1, 0.15) is 0 Å². The van der Waals surface area contributed by atoms with Crippen molar-refractivity contribution in [2.45, 2.75) is 6.10 Å². The molecule has 1 aromatic rings. The van der Waals surface area contributed by atoms with Crippen molar-refractivity contribution in [3.63, 3.8) is 0 Å². The number of aliphatic hydroxyl groups excluding tert-OH is 2. The maximum Gasteiger partial charge on any atom is 0.359 e. The standard InChI is InChI=1S/C10H12N3O6/c14-5-7(15)6-19-13(18)9-4-2-1-3-8(9)12(17)10(16)11-13/h1-4,7,14-15H,5-6H2,(H,11,16)/q-1. The van der Waals surface area contributed by atoms with Gasteiger partial charge in [-0.3, -0.25) is 0 Å². The summed E-state index contributed by atoms with van der Waals surface area (Å²) in [5, 5.41) is 41.7. The van der Waals surface area contributed by atoms with E-state index in [0.29, 0.717) is 0 Å². The maximum atomic E-state index is 12.3. The molecule has 0 bridgehead atoms. The molecule has 0 saturated heterocycles. The fourth-order valence-corrected chi connectivity index (χ4v) is 1.57. The van der Waals surface area contributed by atoms with Crippen LogP contribution < -0.4 is 15.4 Å². The van der Waals surface area contributed by atoms with Crippen molar-refractivity contribution in [1.82, 2.24) is 10.3 Å². The summed E-state index contributed by atoms with van der Waals surface area (Å²) in [4.78, 5) is 14.5. The molecular formula is C10H12N3O6-. The number of fused-ring (bicyclic) bond motifs is 1. The molecule has 1 aliphatic rings. The molecule has 0 spiro atoms. The molecule has 0 fully saturated rings. The summed E-state index contributed by atoms with van der Waals surface area (Å²) in [6.07, 6.45) is -1.27. The van der Waals surface area contributed by atoms with Gasteiger partial charge in [-0.25, -0.2) is 4.79 Å². The van der Waals surface area contributed by atoms with Crippen molar-refractivity contribution in [1.29, 1.82) is 0 Å². The van der Waals surface area contributed by atoms with E-state index in [0.717, 1.165) is 0 Å². The van der Waals surface area contributed by atoms with Crippen molar-refractivity contribution >= 4 is 17.4 Å². The zero-order valence-electron chi connectivity index (χ0n) is 9.72. The predicted octanol–water partition coefficient (Wildman–Crippen LogP) is -0.281. The molecule has 0 aromatic heterocycles. The van der Waals surface area contributed by atoms with Crippen LogP contribution in [0.5, 0.6) is 0 Å². The monoisotopic (exact) mass is 270 g/mol. The van der Waals surface area contributed by atoms with E-state index >= 15 is 0 Å². The number of benzene rings is 1. The number of carbonyl (C=O) groups is 1. The normalized spacial score (nSPS) is 23.8. The number of anilines is 1. The third-order valence-corrected chi connectivity index (χ3v) is 2.50. The predicted molar refractivity (Wildman–Crippen MR) is 65.0 cm³/mol. The van der Waals surface area contributed by atoms with E-state index in [1.165, 1.54) is 24.3 Å². The quantitative estimate of drug-likeness (QED) is 0.510. The Morgan fingerprint density at radius 1 is 1.47 bits per heavy atom. The number of carbonyl (C=O) groups excluding carboxylic acids is 1. The molecule has 2 atom stereocenters. The minimum atomic E-state index is -1.73. The van der Waals surface area contributed by atoms with E-state index in [-0.39, 0.29) is 16.4 Å². The molecule has 2 amide bonds. The Bertz CT molecular complexity index is 484. The number of hydrogen-bond donors (Lipinski definition) is 3. The number of hydrogen-bond acceptors (Lipinski definition) is 6. The van der Waals surface area contributed by atoms with Gasteiger partial charge in [0.15, 0.2) is 0 Å². The van der Waals surface area contributed by atoms with Gasteiger partial charge in [0.05, 0.1) is 6.61 Å². The lowest BCUT2D eigenvalue weighted by molar-refractivity contribution is -0.162. The van der Waals surface area contributed by atoms with Gasteiger partial charge in [0.25, 0.3) is 0 Å². The Kier molecular flexibility index (Phi) is 3.66. The first-order valence-corrected chi connectivity index (χ1v) is 5.40. The Labute approximate surface area is 107 Å². The van der Waals surface area contributed by atoms with E-state index in [4.69, 9.17) is 15.1 Å². The number of urea groups is 1. The number of quaternary nitrogens is 1. The highest BCUT2D eigenvalue weighted by Crippen LogP contribution is 2.35. The number of rotatable bonds is 4. The third-order valence-electron chi connectivity index (χ3n) is 2.50. The van der Waals surface area contributed by atoms with E-state index in [1.54, 1.807) is 0 Å². The average Bonchev–Trinajstić information content (AvgIpc) is 2.42. The van der Waals surface area contributed by atoms with Crippen LogP contribution in [0.3, 0.4) is 0 Å². The van der Waals surface area contributed by atoms with Crippen molar-refractivity contribution in [2.24, 2.45) is 0 Å². The Morgan fingerprint density at radius 3 is 2.84 bits per heavy atom. The van der Waals surface area contributed by atoms with Crippen molar-refractivity contribution in [2.75, 3.05) is 18.3 Å². The SMILES string of the molecule is O=C1N[N+]([O-])(OCC(O)CO)c2ccccc2N1[O-]. The molecule has 2 rings (SSSR count). The van der Waals surface area contributed by atoms with E-state index in [9.17, 15) is 15.2 Å². The molecule has 9 heteroatoms. The molecule has 1 aromatic carbocycles. The van der Waals surface area contributed by atoms with E-state index < -0.39 is 30.3 Å². The van der Waals surface area contributed by atoms with E-state index in [2.05, 4.69) is 0 Å². The summed E-state index contributed by atoms with van der Waals surface area (Å²) in [5.41, 5.74) is 1.56. The zero-order chi connectivity index (χ0) is 14.0. The molecule has 0 saturated carbocycles. The van der Waals surface area contributed by atoms with Gasteiger partial charge in [-0.2, -0.15) is 4.84 Å². The topological polar surface area (TPSA) is 128 Å². The van der Waals surface area contributed by atoms with Gasteiger partial charge in [-0.1, -0.05) is 17.1 Å². The zero-order valence-corrected chi connectivity index (χ0v) is 9.72. The lowest BCUT2D eigenvalue weighted by Gasteiger charge is -2.45. The molecule has 9 nitrogen and oxygen atoms in total. The summed E-state index contributed by atoms with van der Waals surface area (Å²) in [6.45, 7) is -1.10. The molecule has 2 unspecified atom stereocenters. The molecule has 1 aliphatic heterocycles. The summed E-state index contributed by atoms with van der Waals surface area (Å²) in [7, 11) is 0. The molecule has 1 heterocycles. The van der Waals surface area contributed by atoms with Gasteiger partial charge in [-0.05, 0) is 6.07 Å². The first-order valence-electron chi connectivity index (χ1n) is 5.40. The van der Waals surface area contributed by atoms with Crippen LogP contribution in [0.4, 0.5) is 16.2 Å². The number of nitrogens with one attached hydrogen (secondary N) is 1. The maximum absolute atomic E-state index is 12.3. The minimum Gasteiger partial charge on any atom is -0.750 e. The van der Waals surface area contributed by atoms with Crippen LogP contribution in [-0.4, -0.2) is 35.6 Å². The van der Waals surface area contributed by atoms with Crippen molar-refractivity contribution in [3.8, 4) is 0 Å². The minimum absolute atomic E-state index is 0.0373. The number of hydroxylamine groups is 1. The van der Waals surface area contributed by atoms with Crippen molar-refractivity contribution in [3.05, 3.63) is 34.7 Å². The molecular weight excluding hydrogens is 258 g/mol. The van der Waals surface area contributed by atoms with E-state index in [1.807, 2.05) is 5.43 Å². The number of aliphatic hydroxyl groups is 2. The summed E-state index contributed by atoms with van der Waals surface area (Å²) in [6, 6.07) is 4.44. The van der Waals surface area contributed by atoms with Crippen LogP contribution in [0.2, 0.25) is 0 Å². The Morgan fingerprint density at radius 2 is 2.16 bits per heavy atom. The van der Waals surface area contributed by atoms with Gasteiger partial charge in [-0.15, -0.1) is 5.43 Å². The fourth-order valence-electron chi connectivity index (χ4n) is 1.57. The van der Waals surface area contributed by atoms with Gasteiger partial charge in [0.2, 0.25) is 5.69 Å². The molecule has 3 N–H and O–H groups in total. The number of amides is 2. The lowest BCUT2D eigenvalue weighted by atomic mass is 10.2. The summed E-state index contributed by atoms with van der Waals surface area (Å²) in [5.74, 6) is 0. The van der Waals surface area contributed by atoms with Crippen molar-refractivity contribution < 1.29 is 19.8 Å². The second-order valence-electron chi connectivity index (χ2n) is 3.88. The molecule has 0 radical (unpaired) electrons. The molecule has 104 valence electrons. The van der Waals surface area contributed by atoms with Gasteiger partial charge in [0.1, 0.15) is 18.4 Å². The number of para-hydroxylation sites is 2. The lowest BCUT2D eigenvalue weighted by Crippen LogP contribution is -2.63. The Balaban J connectivity index is 2.30. The van der Waals surface area contributed by atoms with Crippen LogP contribution in [-0.2, 0) is 4.84 Å². The first-order chi connectivity index (χ1) is 8.98. The number of nitrogens with zero attached hydrogens (tertiary/aromatic N) is 2. The Hall–Kier alpha value is -1.75. The second-order valence-corrected chi connectivity index (χ2v) is 3.88. The first kappa shape index (κ1) is 13.7. The highest BCUT2D eigenvalue weighted by atomic mass is 17.0. The summed E-state index contributed by atoms with van der Waals surface area (Å²) >= 11 is 0.